The zero-order chi connectivity index (χ0) is 15.6. The van der Waals surface area contributed by atoms with Gasteiger partial charge in [0.05, 0.1) is 10.5 Å². The lowest BCUT2D eigenvalue weighted by molar-refractivity contribution is 0.597. The molecule has 0 amide bonds. The maximum absolute atomic E-state index is 13.2. The molecule has 0 bridgehead atoms. The second kappa shape index (κ2) is 5.50. The summed E-state index contributed by atoms with van der Waals surface area (Å²) in [6.45, 7) is 3.05. The van der Waals surface area contributed by atoms with E-state index in [1.807, 2.05) is 6.07 Å². The van der Waals surface area contributed by atoms with Gasteiger partial charge in [0, 0.05) is 6.20 Å². The largest absolute Gasteiger partial charge is 0.263 e. The molecule has 2 aromatic rings. The molecular weight excluding hydrogens is 293 g/mol. The first kappa shape index (κ1) is 14.9. The Hall–Kier alpha value is -2.46. The highest BCUT2D eigenvalue weighted by molar-refractivity contribution is 7.92. The van der Waals surface area contributed by atoms with Crippen molar-refractivity contribution in [1.82, 2.24) is 4.98 Å². The Morgan fingerprint density at radius 2 is 1.86 bits per heavy atom. The standard InChI is InChI=1S/C14H12FN3O2S/c1-9-5-12(15)6-10(2)14(9)21(19,20)18-13-4-3-11(7-16)8-17-13/h3-6,8H,1-2H3,(H,17,18). The number of nitrogens with one attached hydrogen (secondary N) is 1. The normalized spacial score (nSPS) is 11.0. The molecule has 2 rings (SSSR count). The molecule has 0 unspecified atom stereocenters. The second-order valence-electron chi connectivity index (χ2n) is 4.52. The number of halogens is 1. The number of aryl methyl sites for hydroxylation is 2. The SMILES string of the molecule is Cc1cc(F)cc(C)c1S(=O)(=O)Nc1ccc(C#N)cn1. The Kier molecular flexibility index (Phi) is 3.91. The molecule has 0 aliphatic rings. The Morgan fingerprint density at radius 3 is 2.33 bits per heavy atom. The lowest BCUT2D eigenvalue weighted by Gasteiger charge is -2.12. The molecule has 0 aliphatic heterocycles. The quantitative estimate of drug-likeness (QED) is 0.944. The maximum Gasteiger partial charge on any atom is 0.263 e. The predicted molar refractivity (Wildman–Crippen MR) is 75.6 cm³/mol. The predicted octanol–water partition coefficient (Wildman–Crippen LogP) is 2.51. The van der Waals surface area contributed by atoms with Crippen LogP contribution in [-0.2, 0) is 10.0 Å². The summed E-state index contributed by atoms with van der Waals surface area (Å²) >= 11 is 0. The van der Waals surface area contributed by atoms with Gasteiger partial charge in [0.25, 0.3) is 10.0 Å². The van der Waals surface area contributed by atoms with Gasteiger partial charge in [-0.2, -0.15) is 5.26 Å². The summed E-state index contributed by atoms with van der Waals surface area (Å²) in [6.07, 6.45) is 1.27. The number of nitriles is 1. The van der Waals surface area contributed by atoms with Gasteiger partial charge < -0.3 is 0 Å². The van der Waals surface area contributed by atoms with E-state index in [1.54, 1.807) is 0 Å². The van der Waals surface area contributed by atoms with Crippen LogP contribution < -0.4 is 4.72 Å². The number of sulfonamides is 1. The monoisotopic (exact) mass is 305 g/mol. The topological polar surface area (TPSA) is 82.9 Å². The molecule has 0 radical (unpaired) electrons. The van der Waals surface area contributed by atoms with Crippen LogP contribution in [0.25, 0.3) is 0 Å². The number of aromatic nitrogens is 1. The van der Waals surface area contributed by atoms with E-state index in [4.69, 9.17) is 5.26 Å². The Morgan fingerprint density at radius 1 is 1.24 bits per heavy atom. The minimum atomic E-state index is -3.87. The number of hydrogen-bond donors (Lipinski definition) is 1. The molecule has 0 atom stereocenters. The van der Waals surface area contributed by atoms with Gasteiger partial charge in [-0.3, -0.25) is 4.72 Å². The zero-order valence-corrected chi connectivity index (χ0v) is 12.2. The number of anilines is 1. The van der Waals surface area contributed by atoms with Crippen LogP contribution in [0.3, 0.4) is 0 Å². The van der Waals surface area contributed by atoms with Gasteiger partial charge in [0.1, 0.15) is 17.7 Å². The molecule has 21 heavy (non-hydrogen) atoms. The summed E-state index contributed by atoms with van der Waals surface area (Å²) < 4.78 is 40.3. The summed E-state index contributed by atoms with van der Waals surface area (Å²) in [5, 5.41) is 8.67. The van der Waals surface area contributed by atoms with Gasteiger partial charge >= 0.3 is 0 Å². The minimum absolute atomic E-state index is 0.0232. The summed E-state index contributed by atoms with van der Waals surface area (Å²) in [7, 11) is -3.87. The number of hydrogen-bond acceptors (Lipinski definition) is 4. The van der Waals surface area contributed by atoms with Crippen molar-refractivity contribution < 1.29 is 12.8 Å². The van der Waals surface area contributed by atoms with Crippen molar-refractivity contribution in [2.45, 2.75) is 18.7 Å². The Balaban J connectivity index is 2.41. The van der Waals surface area contributed by atoms with Gasteiger partial charge in [-0.05, 0) is 49.2 Å². The molecule has 0 spiro atoms. The van der Waals surface area contributed by atoms with E-state index >= 15 is 0 Å². The van der Waals surface area contributed by atoms with Crippen LogP contribution in [0.5, 0.6) is 0 Å². The minimum Gasteiger partial charge on any atom is -0.263 e. The van der Waals surface area contributed by atoms with E-state index in [0.29, 0.717) is 16.7 Å². The summed E-state index contributed by atoms with van der Waals surface area (Å²) in [6, 6.07) is 7.06. The Labute approximate surface area is 122 Å². The van der Waals surface area contributed by atoms with Crippen LogP contribution in [-0.4, -0.2) is 13.4 Å². The fourth-order valence-corrected chi connectivity index (χ4v) is 3.49. The molecule has 1 N–H and O–H groups in total. The van der Waals surface area contributed by atoms with E-state index in [-0.39, 0.29) is 10.7 Å². The summed E-state index contributed by atoms with van der Waals surface area (Å²) in [4.78, 5) is 3.87. The van der Waals surface area contributed by atoms with E-state index in [9.17, 15) is 12.8 Å². The molecule has 0 fully saturated rings. The molecule has 1 heterocycles. The summed E-state index contributed by atoms with van der Waals surface area (Å²) in [5.41, 5.74) is 0.953. The van der Waals surface area contributed by atoms with Crippen molar-refractivity contribution in [3.8, 4) is 6.07 Å². The third-order valence-corrected chi connectivity index (χ3v) is 4.48. The van der Waals surface area contributed by atoms with E-state index in [0.717, 1.165) is 12.1 Å². The lowest BCUT2D eigenvalue weighted by Crippen LogP contribution is -2.16. The Bertz CT molecular complexity index is 801. The first-order valence-corrected chi connectivity index (χ1v) is 7.47. The van der Waals surface area contributed by atoms with Crippen molar-refractivity contribution in [3.63, 3.8) is 0 Å². The molecule has 0 aliphatic carbocycles. The van der Waals surface area contributed by atoms with Crippen molar-refractivity contribution in [2.24, 2.45) is 0 Å². The van der Waals surface area contributed by atoms with Crippen LogP contribution in [0.15, 0.2) is 35.4 Å². The number of rotatable bonds is 3. The summed E-state index contributed by atoms with van der Waals surface area (Å²) in [5.74, 6) is -0.391. The van der Waals surface area contributed by atoms with Crippen molar-refractivity contribution in [3.05, 3.63) is 53.0 Å². The highest BCUT2D eigenvalue weighted by Gasteiger charge is 2.21. The van der Waals surface area contributed by atoms with E-state index in [2.05, 4.69) is 9.71 Å². The average Bonchev–Trinajstić information content (AvgIpc) is 2.37. The second-order valence-corrected chi connectivity index (χ2v) is 6.14. The highest BCUT2D eigenvalue weighted by Crippen LogP contribution is 2.23. The number of nitrogens with zero attached hydrogens (tertiary/aromatic N) is 2. The van der Waals surface area contributed by atoms with Gasteiger partial charge in [-0.25, -0.2) is 17.8 Å². The van der Waals surface area contributed by atoms with Gasteiger partial charge in [0.15, 0.2) is 0 Å². The van der Waals surface area contributed by atoms with Crippen molar-refractivity contribution >= 4 is 15.8 Å². The molecule has 0 saturated heterocycles. The fraction of sp³-hybridized carbons (Fsp3) is 0.143. The van der Waals surface area contributed by atoms with Gasteiger partial charge in [-0.15, -0.1) is 0 Å². The van der Waals surface area contributed by atoms with Crippen LogP contribution in [0.1, 0.15) is 16.7 Å². The zero-order valence-electron chi connectivity index (χ0n) is 11.4. The van der Waals surface area contributed by atoms with Crippen LogP contribution >= 0.6 is 0 Å². The highest BCUT2D eigenvalue weighted by atomic mass is 32.2. The molecule has 108 valence electrons. The third kappa shape index (κ3) is 3.17. The molecular formula is C14H12FN3O2S. The van der Waals surface area contributed by atoms with Crippen LogP contribution in [0.4, 0.5) is 10.2 Å². The fourth-order valence-electron chi connectivity index (χ4n) is 2.03. The van der Waals surface area contributed by atoms with Crippen molar-refractivity contribution in [2.75, 3.05) is 4.72 Å². The van der Waals surface area contributed by atoms with Crippen molar-refractivity contribution in [1.29, 1.82) is 5.26 Å². The third-order valence-electron chi connectivity index (χ3n) is 2.83. The lowest BCUT2D eigenvalue weighted by atomic mass is 10.1. The maximum atomic E-state index is 13.2. The smallest absolute Gasteiger partial charge is 0.263 e. The molecule has 0 saturated carbocycles. The van der Waals surface area contributed by atoms with Crippen LogP contribution in [0.2, 0.25) is 0 Å². The molecule has 1 aromatic carbocycles. The molecule has 1 aromatic heterocycles. The van der Waals surface area contributed by atoms with Gasteiger partial charge in [-0.1, -0.05) is 0 Å². The first-order chi connectivity index (χ1) is 9.83. The number of benzene rings is 1. The number of pyridine rings is 1. The van der Waals surface area contributed by atoms with Gasteiger partial charge in [0.2, 0.25) is 0 Å². The molecule has 5 nitrogen and oxygen atoms in total. The average molecular weight is 305 g/mol. The van der Waals surface area contributed by atoms with Crippen LogP contribution in [0, 0.1) is 31.0 Å². The molecule has 7 heteroatoms. The first-order valence-electron chi connectivity index (χ1n) is 5.99. The van der Waals surface area contributed by atoms with E-state index < -0.39 is 15.8 Å². The van der Waals surface area contributed by atoms with E-state index in [1.165, 1.54) is 32.2 Å².